The van der Waals surface area contributed by atoms with Gasteiger partial charge in [-0.25, -0.2) is 8.78 Å². The van der Waals surface area contributed by atoms with E-state index in [4.69, 9.17) is 26.7 Å². The molecule has 70 heavy (non-hydrogen) atoms. The van der Waals surface area contributed by atoms with E-state index in [2.05, 4.69) is 53.0 Å². The average molecular weight is 976 g/mol. The van der Waals surface area contributed by atoms with Crippen LogP contribution >= 0.6 is 11.6 Å². The van der Waals surface area contributed by atoms with Crippen molar-refractivity contribution in [3.05, 3.63) is 93.5 Å². The summed E-state index contributed by atoms with van der Waals surface area (Å²) in [5.41, 5.74) is 5.88. The lowest BCUT2D eigenvalue weighted by atomic mass is 9.86. The predicted molar refractivity (Wildman–Crippen MR) is 262 cm³/mol. The van der Waals surface area contributed by atoms with Gasteiger partial charge in [-0.1, -0.05) is 18.5 Å². The number of likely N-dealkylation sites (tertiary alicyclic amines) is 1. The summed E-state index contributed by atoms with van der Waals surface area (Å²) in [5, 5.41) is 31.1. The largest absolute Gasteiger partial charge is 0.490 e. The molecule has 10 rings (SSSR count). The maximum Gasteiger partial charge on any atom is 0.272 e. The molecule has 15 nitrogen and oxygen atoms in total. The van der Waals surface area contributed by atoms with Crippen LogP contribution in [0.1, 0.15) is 116 Å². The lowest BCUT2D eigenvalue weighted by Gasteiger charge is -2.41. The van der Waals surface area contributed by atoms with E-state index in [1.165, 1.54) is 0 Å². The van der Waals surface area contributed by atoms with E-state index in [0.717, 1.165) is 125 Å². The van der Waals surface area contributed by atoms with E-state index in [1.807, 2.05) is 17.0 Å². The fraction of sp³-hybridized carbons (Fsp3) is 0.519. The number of nitriles is 1. The topological polar surface area (TPSA) is 154 Å². The van der Waals surface area contributed by atoms with Crippen LogP contribution in [0.5, 0.6) is 5.75 Å². The van der Waals surface area contributed by atoms with Gasteiger partial charge < -0.3 is 29.7 Å². The summed E-state index contributed by atoms with van der Waals surface area (Å²) in [6, 6.07) is 14.7. The first kappa shape index (κ1) is 47.6. The number of piperidine rings is 2. The number of halogens is 3. The third-order valence-corrected chi connectivity index (χ3v) is 15.8. The number of hydrogen-bond donors (Lipinski definition) is 1. The Bertz CT molecular complexity index is 2760. The lowest BCUT2D eigenvalue weighted by molar-refractivity contribution is -0.129. The van der Waals surface area contributed by atoms with Crippen molar-refractivity contribution in [2.75, 3.05) is 55.6 Å². The summed E-state index contributed by atoms with van der Waals surface area (Å²) in [4.78, 5) is 34.8. The molecule has 0 unspecified atom stereocenters. The third kappa shape index (κ3) is 9.94. The highest BCUT2D eigenvalue weighted by Crippen LogP contribution is 2.44. The first-order chi connectivity index (χ1) is 33.9. The Morgan fingerprint density at radius 2 is 1.79 bits per heavy atom. The molecular formula is C52H61ClF2N12O3. The predicted octanol–water partition coefficient (Wildman–Crippen LogP) is 8.44. The van der Waals surface area contributed by atoms with Crippen LogP contribution in [0.3, 0.4) is 0 Å². The van der Waals surface area contributed by atoms with Gasteiger partial charge in [-0.3, -0.25) is 19.0 Å². The first-order valence-corrected chi connectivity index (χ1v) is 25.3. The van der Waals surface area contributed by atoms with Crippen LogP contribution in [-0.2, 0) is 31.2 Å². The Hall–Kier alpha value is -6.12. The van der Waals surface area contributed by atoms with Gasteiger partial charge >= 0.3 is 0 Å². The number of rotatable bonds is 11. The number of carbonyl (C=O) groups is 2. The molecule has 0 radical (unpaired) electrons. The maximum atomic E-state index is 14.8. The van der Waals surface area contributed by atoms with E-state index < -0.39 is 6.43 Å². The Labute approximate surface area is 412 Å². The Balaban J connectivity index is 0.735. The normalized spacial score (nSPS) is 22.1. The molecule has 1 saturated carbocycles. The minimum atomic E-state index is -2.66. The number of alkyl halides is 2. The minimum absolute atomic E-state index is 0.0129. The van der Waals surface area contributed by atoms with Crippen molar-refractivity contribution in [3.63, 3.8) is 0 Å². The number of aromatic nitrogens is 6. The van der Waals surface area contributed by atoms with Crippen LogP contribution in [0, 0.1) is 23.2 Å². The van der Waals surface area contributed by atoms with E-state index in [9.17, 15) is 18.4 Å². The number of nitrogens with one attached hydrogen (secondary N) is 1. The van der Waals surface area contributed by atoms with Gasteiger partial charge in [0.05, 0.1) is 35.5 Å². The Morgan fingerprint density at radius 1 is 0.971 bits per heavy atom. The van der Waals surface area contributed by atoms with Crippen LogP contribution in [0.25, 0.3) is 11.1 Å². The summed E-state index contributed by atoms with van der Waals surface area (Å²) in [5.74, 6) is 2.99. The summed E-state index contributed by atoms with van der Waals surface area (Å²) < 4.78 is 39.6. The van der Waals surface area contributed by atoms with Crippen LogP contribution in [0.15, 0.2) is 54.9 Å². The molecule has 2 aromatic carbocycles. The molecule has 5 aliphatic rings. The highest BCUT2D eigenvalue weighted by molar-refractivity contribution is 6.31. The summed E-state index contributed by atoms with van der Waals surface area (Å²) in [7, 11) is 1.79. The fourth-order valence-corrected chi connectivity index (χ4v) is 11.7. The number of carbonyl (C=O) groups excluding carboxylic acids is 2. The van der Waals surface area contributed by atoms with Gasteiger partial charge in [0.2, 0.25) is 5.91 Å². The van der Waals surface area contributed by atoms with Crippen LogP contribution in [0.4, 0.5) is 26.1 Å². The molecule has 2 amide bonds. The second-order valence-corrected chi connectivity index (χ2v) is 20.4. The number of benzene rings is 2. The van der Waals surface area contributed by atoms with Gasteiger partial charge in [0, 0.05) is 113 Å². The molecule has 2 saturated heterocycles. The van der Waals surface area contributed by atoms with Crippen molar-refractivity contribution in [2.24, 2.45) is 18.9 Å². The number of nitrogens with zero attached hydrogens (tertiary/aromatic N) is 11. The molecule has 368 valence electrons. The quantitative estimate of drug-likeness (QED) is 0.136. The lowest BCUT2D eigenvalue weighted by Crippen LogP contribution is -2.46. The smallest absolute Gasteiger partial charge is 0.272 e. The first-order valence-electron chi connectivity index (χ1n) is 24.9. The standard InChI is InChI=1S/C52H61ClF2N12O3/c1-32-28-65(49-13-12-46(59-60-49)52(69)58-38-7-10-40(11-8-38)70-41-9-6-35(26-56)45(53)24-41)21-14-36(32)30-63-19-15-39(16-20-63)67-47-17-22-64(33(2)68)31-44(47)51(61-67)66-18-4-5-34-23-42(37-27-57-62(3)29-37)43(50(54)55)25-48(34)66/h6,9,12-13,23-25,27,29,32,36,38-40,50H,4-5,7-8,10-11,14-22,28,30-31H2,1-3H3,(H,58,69)/t32-,36-,38?,40?/m0/s1. The zero-order valence-corrected chi connectivity index (χ0v) is 40.9. The highest BCUT2D eigenvalue weighted by Gasteiger charge is 2.36. The van der Waals surface area contributed by atoms with E-state index in [-0.39, 0.29) is 35.6 Å². The number of anilines is 3. The molecule has 18 heteroatoms. The van der Waals surface area contributed by atoms with Gasteiger partial charge in [-0.05, 0) is 117 Å². The number of amides is 2. The molecule has 3 aromatic heterocycles. The van der Waals surface area contributed by atoms with E-state index in [0.29, 0.717) is 71.0 Å². The molecule has 1 N–H and O–H groups in total. The van der Waals surface area contributed by atoms with Crippen molar-refractivity contribution >= 4 is 40.7 Å². The molecule has 4 aliphatic heterocycles. The molecule has 3 fully saturated rings. The number of aryl methyl sites for hydroxylation is 2. The van der Waals surface area contributed by atoms with Gasteiger partial charge in [-0.2, -0.15) is 15.5 Å². The number of fused-ring (bicyclic) bond motifs is 2. The molecule has 0 spiro atoms. The zero-order chi connectivity index (χ0) is 48.6. The number of hydrogen-bond acceptors (Lipinski definition) is 11. The van der Waals surface area contributed by atoms with E-state index in [1.54, 1.807) is 61.4 Å². The molecule has 0 bridgehead atoms. The third-order valence-electron chi connectivity index (χ3n) is 15.4. The van der Waals surface area contributed by atoms with Crippen molar-refractivity contribution in [1.82, 2.24) is 44.9 Å². The number of ether oxygens (including phenoxy) is 1. The summed E-state index contributed by atoms with van der Waals surface area (Å²) in [6.07, 6.45) is 9.22. The second kappa shape index (κ2) is 20.3. The average Bonchev–Trinajstić information content (AvgIpc) is 3.98. The second-order valence-electron chi connectivity index (χ2n) is 20.0. The van der Waals surface area contributed by atoms with Gasteiger partial charge in [-0.15, -0.1) is 10.2 Å². The molecule has 7 heterocycles. The van der Waals surface area contributed by atoms with Gasteiger partial charge in [0.15, 0.2) is 17.3 Å². The molecule has 2 atom stereocenters. The SMILES string of the molecule is CC(=O)N1CCc2c(c(N3CCCc4cc(-c5cnn(C)c5)c(C(F)F)cc43)nn2C2CCN(C[C@@H]3CCN(c4ccc(C(=O)NC5CCC(Oc6ccc(C#N)c(Cl)c6)CC5)nn4)C[C@@H]3C)CC2)C1. The van der Waals surface area contributed by atoms with Crippen molar-refractivity contribution < 1.29 is 23.1 Å². The van der Waals surface area contributed by atoms with Crippen LogP contribution < -0.4 is 19.9 Å². The molecular weight excluding hydrogens is 914 g/mol. The van der Waals surface area contributed by atoms with E-state index >= 15 is 0 Å². The van der Waals surface area contributed by atoms with Crippen LogP contribution in [0.2, 0.25) is 5.02 Å². The van der Waals surface area contributed by atoms with Crippen molar-refractivity contribution in [1.29, 1.82) is 5.26 Å². The minimum Gasteiger partial charge on any atom is -0.490 e. The highest BCUT2D eigenvalue weighted by atomic mass is 35.5. The van der Waals surface area contributed by atoms with Gasteiger partial charge in [0.1, 0.15) is 11.8 Å². The summed E-state index contributed by atoms with van der Waals surface area (Å²) >= 11 is 6.18. The molecule has 5 aromatic rings. The zero-order valence-electron chi connectivity index (χ0n) is 40.2. The van der Waals surface area contributed by atoms with Crippen LogP contribution in [-0.4, -0.2) is 109 Å². The Morgan fingerprint density at radius 3 is 2.47 bits per heavy atom. The monoisotopic (exact) mass is 974 g/mol. The fourth-order valence-electron chi connectivity index (χ4n) is 11.5. The Kier molecular flexibility index (Phi) is 13.8. The maximum absolute atomic E-state index is 14.8. The molecule has 1 aliphatic carbocycles. The van der Waals surface area contributed by atoms with Crippen molar-refractivity contribution in [3.8, 4) is 22.9 Å². The van der Waals surface area contributed by atoms with Crippen molar-refractivity contribution in [2.45, 2.75) is 109 Å². The van der Waals surface area contributed by atoms with Gasteiger partial charge in [0.25, 0.3) is 12.3 Å². The summed E-state index contributed by atoms with van der Waals surface area (Å²) in [6.45, 7) is 10.4.